The smallest absolute Gasteiger partial charge is 0.200 e. The fraction of sp³-hybridized carbons (Fsp3) is 0. The molecule has 0 aliphatic heterocycles. The van der Waals surface area contributed by atoms with Crippen LogP contribution in [0.5, 0.6) is 0 Å². The largest absolute Gasteiger partial charge is 0.202 e. The maximum atomic E-state index is 12.5. The summed E-state index contributed by atoms with van der Waals surface area (Å²) in [5.41, 5.74) is 0. The molecule has 0 unspecified atom stereocenters. The minimum Gasteiger partial charge on any atom is -0.202 e. The quantitative estimate of drug-likeness (QED) is 0.234. The van der Waals surface area contributed by atoms with Crippen LogP contribution in [0.25, 0.3) is 0 Å². The SMILES string of the molecule is Fc1c(F)c(Cl)c(Cl)c(Cl)c1F.Fc1c(F)c(F)c(Cl)c(F)c1F. The highest BCUT2D eigenvalue weighted by atomic mass is 35.5. The van der Waals surface area contributed by atoms with Crippen LogP contribution in [0.15, 0.2) is 0 Å². The molecule has 0 nitrogen and oxygen atoms in total. The molecule has 24 heavy (non-hydrogen) atoms. The van der Waals surface area contributed by atoms with Gasteiger partial charge in [0.1, 0.15) is 5.02 Å². The number of rotatable bonds is 0. The summed E-state index contributed by atoms with van der Waals surface area (Å²) in [5.74, 6) is -15.1. The Bertz CT molecular complexity index is 531. The van der Waals surface area contributed by atoms with Crippen LogP contribution >= 0.6 is 46.4 Å². The molecule has 0 saturated carbocycles. The van der Waals surface area contributed by atoms with Crippen molar-refractivity contribution in [2.75, 3.05) is 0 Å². The maximum Gasteiger partial charge on any atom is 0.200 e. The molecule has 0 aliphatic carbocycles. The highest BCUT2D eigenvalue weighted by molar-refractivity contribution is 6.48. The van der Waals surface area contributed by atoms with Crippen molar-refractivity contribution < 1.29 is 35.1 Å². The summed E-state index contributed by atoms with van der Waals surface area (Å²) in [6, 6.07) is 0. The minimum absolute atomic E-state index is 0.533. The fourth-order valence-electron chi connectivity index (χ4n) is 1.16. The molecule has 2 aromatic carbocycles. The van der Waals surface area contributed by atoms with E-state index in [1.54, 1.807) is 0 Å². The Morgan fingerprint density at radius 3 is 0.833 bits per heavy atom. The van der Waals surface area contributed by atoms with E-state index in [0.717, 1.165) is 0 Å². The Hall–Kier alpha value is -0.960. The van der Waals surface area contributed by atoms with Gasteiger partial charge in [-0.1, -0.05) is 46.4 Å². The molecule has 0 heterocycles. The Balaban J connectivity index is 0.000000240. The summed E-state index contributed by atoms with van der Waals surface area (Å²) in [6.07, 6.45) is 0. The van der Waals surface area contributed by atoms with Gasteiger partial charge in [-0.25, -0.2) is 35.1 Å². The monoisotopic (exact) mass is 436 g/mol. The summed E-state index contributed by atoms with van der Waals surface area (Å²) < 4.78 is 98.6. The van der Waals surface area contributed by atoms with E-state index in [1.165, 1.54) is 0 Å². The minimum atomic E-state index is -2.21. The summed E-state index contributed by atoms with van der Waals surface area (Å²) in [4.78, 5) is 0. The predicted octanol–water partition coefficient (Wildman–Crippen LogP) is 7.10. The van der Waals surface area contributed by atoms with Crippen molar-refractivity contribution >= 4 is 46.4 Å². The molecule has 0 aromatic heterocycles. The van der Waals surface area contributed by atoms with Gasteiger partial charge in [-0.2, -0.15) is 0 Å². The zero-order valence-electron chi connectivity index (χ0n) is 10.5. The van der Waals surface area contributed by atoms with Crippen LogP contribution in [0.3, 0.4) is 0 Å². The van der Waals surface area contributed by atoms with E-state index in [1.807, 2.05) is 0 Å². The Morgan fingerprint density at radius 1 is 0.292 bits per heavy atom. The van der Waals surface area contributed by atoms with Gasteiger partial charge in [-0.05, 0) is 0 Å². The highest BCUT2D eigenvalue weighted by Crippen LogP contribution is 2.35. The van der Waals surface area contributed by atoms with E-state index < -0.39 is 66.6 Å². The Kier molecular flexibility index (Phi) is 6.98. The van der Waals surface area contributed by atoms with Crippen molar-refractivity contribution in [1.82, 2.24) is 0 Å². The molecule has 0 spiro atoms. The van der Waals surface area contributed by atoms with Gasteiger partial charge < -0.3 is 0 Å². The lowest BCUT2D eigenvalue weighted by molar-refractivity contribution is 0.379. The first-order chi connectivity index (χ1) is 10.9. The van der Waals surface area contributed by atoms with Gasteiger partial charge in [-0.15, -0.1) is 0 Å². The normalized spacial score (nSPS) is 10.5. The van der Waals surface area contributed by atoms with Crippen LogP contribution < -0.4 is 0 Å². The predicted molar refractivity (Wildman–Crippen MR) is 72.6 cm³/mol. The molecular formula is C12Cl4F8. The van der Waals surface area contributed by atoms with Gasteiger partial charge in [0.05, 0.1) is 15.1 Å². The third-order valence-electron chi connectivity index (χ3n) is 2.31. The molecule has 0 aliphatic rings. The second kappa shape index (κ2) is 7.95. The topological polar surface area (TPSA) is 0 Å². The molecular weight excluding hydrogens is 438 g/mol. The first kappa shape index (κ1) is 21.1. The number of halogens is 12. The molecule has 0 atom stereocenters. The maximum absolute atomic E-state index is 12.5. The molecule has 0 radical (unpaired) electrons. The third-order valence-corrected chi connectivity index (χ3v) is 3.93. The van der Waals surface area contributed by atoms with Gasteiger partial charge in [0.2, 0.25) is 5.82 Å². The zero-order chi connectivity index (χ0) is 18.9. The number of benzene rings is 2. The zero-order valence-corrected chi connectivity index (χ0v) is 13.6. The number of hydrogen-bond acceptors (Lipinski definition) is 0. The lowest BCUT2D eigenvalue weighted by atomic mass is 10.3. The van der Waals surface area contributed by atoms with Gasteiger partial charge in [0.25, 0.3) is 0 Å². The number of hydrogen-bond donors (Lipinski definition) is 0. The summed E-state index contributed by atoms with van der Waals surface area (Å²) in [6.45, 7) is 0. The second-order valence-electron chi connectivity index (χ2n) is 3.77. The van der Waals surface area contributed by atoms with Crippen LogP contribution in [0, 0.1) is 46.5 Å². The Morgan fingerprint density at radius 2 is 0.500 bits per heavy atom. The standard InChI is InChI=1S/C6Cl3F3.C6ClF5/c2*7-1-2(8)4(10)6(12)5(11)3(1)9. The first-order valence-corrected chi connectivity index (χ1v) is 6.78. The van der Waals surface area contributed by atoms with Crippen molar-refractivity contribution in [3.05, 3.63) is 66.6 Å². The molecule has 0 saturated heterocycles. The average molecular weight is 438 g/mol. The van der Waals surface area contributed by atoms with Crippen LogP contribution in [-0.2, 0) is 0 Å². The van der Waals surface area contributed by atoms with E-state index in [0.29, 0.717) is 0 Å². The molecule has 0 N–H and O–H groups in total. The van der Waals surface area contributed by atoms with E-state index in [-0.39, 0.29) is 0 Å². The van der Waals surface area contributed by atoms with Crippen LogP contribution in [0.1, 0.15) is 0 Å². The summed E-state index contributed by atoms with van der Waals surface area (Å²) in [5, 5.41) is -3.37. The summed E-state index contributed by atoms with van der Waals surface area (Å²) in [7, 11) is 0. The molecule has 132 valence electrons. The van der Waals surface area contributed by atoms with Gasteiger partial charge in [-0.3, -0.25) is 0 Å². The van der Waals surface area contributed by atoms with Gasteiger partial charge in [0.15, 0.2) is 40.7 Å². The van der Waals surface area contributed by atoms with Crippen molar-refractivity contribution in [1.29, 1.82) is 0 Å². The van der Waals surface area contributed by atoms with Crippen molar-refractivity contribution in [2.45, 2.75) is 0 Å². The molecule has 0 bridgehead atoms. The Labute approximate surface area is 148 Å². The van der Waals surface area contributed by atoms with E-state index >= 15 is 0 Å². The van der Waals surface area contributed by atoms with Crippen molar-refractivity contribution in [3.8, 4) is 0 Å². The third kappa shape index (κ3) is 3.82. The average Bonchev–Trinajstić information content (AvgIpc) is 2.58. The summed E-state index contributed by atoms with van der Waals surface area (Å²) >= 11 is 20.3. The van der Waals surface area contributed by atoms with E-state index in [9.17, 15) is 35.1 Å². The van der Waals surface area contributed by atoms with Crippen LogP contribution in [0.2, 0.25) is 20.1 Å². The first-order valence-electron chi connectivity index (χ1n) is 5.27. The van der Waals surface area contributed by atoms with Crippen molar-refractivity contribution in [3.63, 3.8) is 0 Å². The molecule has 0 amide bonds. The molecule has 12 heteroatoms. The second-order valence-corrected chi connectivity index (χ2v) is 5.28. The van der Waals surface area contributed by atoms with E-state index in [4.69, 9.17) is 46.4 Å². The lowest BCUT2D eigenvalue weighted by Gasteiger charge is -2.02. The molecule has 2 rings (SSSR count). The van der Waals surface area contributed by atoms with E-state index in [2.05, 4.69) is 0 Å². The molecule has 2 aromatic rings. The lowest BCUT2D eigenvalue weighted by Crippen LogP contribution is -2.00. The van der Waals surface area contributed by atoms with Crippen molar-refractivity contribution in [2.24, 2.45) is 0 Å². The fourth-order valence-corrected chi connectivity index (χ4v) is 1.89. The van der Waals surface area contributed by atoms with Crippen LogP contribution in [-0.4, -0.2) is 0 Å². The van der Waals surface area contributed by atoms with Gasteiger partial charge in [0, 0.05) is 0 Å². The molecule has 0 fully saturated rings. The van der Waals surface area contributed by atoms with Gasteiger partial charge >= 0.3 is 0 Å². The van der Waals surface area contributed by atoms with Crippen LogP contribution in [0.4, 0.5) is 35.1 Å². The highest BCUT2D eigenvalue weighted by Gasteiger charge is 2.24.